The van der Waals surface area contributed by atoms with Gasteiger partial charge in [-0.05, 0) is 25.0 Å². The van der Waals surface area contributed by atoms with E-state index >= 15 is 4.39 Å². The number of nitrogens with one attached hydrogen (secondary N) is 1. The lowest BCUT2D eigenvalue weighted by Crippen LogP contribution is -2.37. The van der Waals surface area contributed by atoms with Crippen molar-refractivity contribution in [3.05, 3.63) is 70.2 Å². The Balaban J connectivity index is 1.52. The Morgan fingerprint density at radius 3 is 2.80 bits per heavy atom. The van der Waals surface area contributed by atoms with E-state index in [1.54, 1.807) is 6.92 Å². The van der Waals surface area contributed by atoms with Crippen molar-refractivity contribution in [1.29, 1.82) is 0 Å². The molecule has 1 atom stereocenters. The molecule has 5 rings (SSSR count). The Hall–Kier alpha value is -3.53. The summed E-state index contributed by atoms with van der Waals surface area (Å²) in [4.78, 5) is 18.1. The van der Waals surface area contributed by atoms with Crippen molar-refractivity contribution in [1.82, 2.24) is 18.8 Å². The van der Waals surface area contributed by atoms with E-state index in [1.807, 2.05) is 24.3 Å². The summed E-state index contributed by atoms with van der Waals surface area (Å²) in [6, 6.07) is 8.87. The van der Waals surface area contributed by atoms with E-state index in [9.17, 15) is 13.2 Å². The monoisotopic (exact) mass is 513 g/mol. The third-order valence-corrected chi connectivity index (χ3v) is 7.88. The molecule has 180 valence electrons. The molecule has 1 aliphatic rings. The second-order valence-corrected chi connectivity index (χ2v) is 10.5. The van der Waals surface area contributed by atoms with Crippen LogP contribution in [0.25, 0.3) is 11.1 Å². The number of hydrogen-bond donors (Lipinski definition) is 1. The number of fused-ring (bicyclic) bond motifs is 1. The first-order chi connectivity index (χ1) is 16.8. The van der Waals surface area contributed by atoms with Crippen LogP contribution in [0.4, 0.5) is 9.52 Å². The fourth-order valence-electron chi connectivity index (χ4n) is 3.90. The zero-order valence-corrected chi connectivity index (χ0v) is 20.2. The molecular weight excluding hydrogens is 493 g/mol. The zero-order chi connectivity index (χ0) is 24.6. The average Bonchev–Trinajstić information content (AvgIpc) is 3.40. The number of halogens is 1. The summed E-state index contributed by atoms with van der Waals surface area (Å²) in [5.74, 6) is 4.58. The fourth-order valence-corrected chi connectivity index (χ4v) is 5.63. The van der Waals surface area contributed by atoms with Gasteiger partial charge in [-0.25, -0.2) is 22.6 Å². The van der Waals surface area contributed by atoms with E-state index in [0.29, 0.717) is 6.54 Å². The van der Waals surface area contributed by atoms with Gasteiger partial charge in [-0.3, -0.25) is 14.2 Å². The Morgan fingerprint density at radius 1 is 1.29 bits per heavy atom. The number of aromatic nitrogens is 3. The number of rotatable bonds is 6. The molecule has 1 aliphatic heterocycles. The summed E-state index contributed by atoms with van der Waals surface area (Å²) in [5.41, 5.74) is 1.60. The molecule has 12 heteroatoms. The highest BCUT2D eigenvalue weighted by molar-refractivity contribution is 7.93. The minimum Gasteiger partial charge on any atom is -0.408 e. The number of anilines is 1. The maximum absolute atomic E-state index is 15.0. The van der Waals surface area contributed by atoms with Crippen LogP contribution < -0.4 is 10.5 Å². The molecule has 1 unspecified atom stereocenters. The summed E-state index contributed by atoms with van der Waals surface area (Å²) in [7, 11) is -4.31. The van der Waals surface area contributed by atoms with Gasteiger partial charge >= 0.3 is 5.76 Å². The minimum atomic E-state index is -4.31. The van der Waals surface area contributed by atoms with Gasteiger partial charge in [0.25, 0.3) is 10.0 Å². The van der Waals surface area contributed by atoms with Crippen molar-refractivity contribution in [2.24, 2.45) is 0 Å². The predicted molar refractivity (Wildman–Crippen MR) is 129 cm³/mol. The maximum Gasteiger partial charge on any atom is 0.420 e. The van der Waals surface area contributed by atoms with E-state index in [2.05, 4.69) is 30.8 Å². The molecule has 4 aromatic rings. The highest BCUT2D eigenvalue weighted by Gasteiger charge is 2.26. The summed E-state index contributed by atoms with van der Waals surface area (Å²) in [5, 5.41) is -0.0102. The van der Waals surface area contributed by atoms with Gasteiger partial charge in [-0.15, -0.1) is 0 Å². The number of nitrogens with zero attached hydrogens (tertiary/aromatic N) is 4. The Morgan fingerprint density at radius 2 is 2.09 bits per heavy atom. The molecule has 0 aliphatic carbocycles. The number of benzene rings is 2. The van der Waals surface area contributed by atoms with Crippen molar-refractivity contribution in [3.63, 3.8) is 0 Å². The van der Waals surface area contributed by atoms with E-state index in [0.717, 1.165) is 47.9 Å². The number of sulfonamides is 1. The molecule has 0 saturated carbocycles. The molecule has 1 saturated heterocycles. The van der Waals surface area contributed by atoms with Gasteiger partial charge in [0, 0.05) is 42.3 Å². The smallest absolute Gasteiger partial charge is 0.408 e. The number of hydrogen-bond acceptors (Lipinski definition) is 8. The quantitative estimate of drug-likeness (QED) is 0.395. The number of likely N-dealkylation sites (tertiary alicyclic amines) is 1. The molecule has 3 heterocycles. The lowest BCUT2D eigenvalue weighted by atomic mass is 10.0. The van der Waals surface area contributed by atoms with Gasteiger partial charge in [0.2, 0.25) is 5.13 Å². The van der Waals surface area contributed by atoms with Crippen LogP contribution in [0, 0.1) is 17.7 Å². The molecule has 1 fully saturated rings. The van der Waals surface area contributed by atoms with E-state index in [4.69, 9.17) is 4.42 Å². The molecule has 35 heavy (non-hydrogen) atoms. The second-order valence-electron chi connectivity index (χ2n) is 8.03. The molecular formula is C23H20FN5O4S2. The average molecular weight is 514 g/mol. The predicted octanol–water partition coefficient (Wildman–Crippen LogP) is 3.05. The van der Waals surface area contributed by atoms with Crippen LogP contribution in [0.1, 0.15) is 30.5 Å². The van der Waals surface area contributed by atoms with Crippen molar-refractivity contribution in [3.8, 4) is 11.8 Å². The van der Waals surface area contributed by atoms with Crippen LogP contribution in [0.5, 0.6) is 0 Å². The van der Waals surface area contributed by atoms with Crippen molar-refractivity contribution >= 4 is 37.8 Å². The third-order valence-electron chi connectivity index (χ3n) is 5.81. The Kier molecular flexibility index (Phi) is 6.14. The van der Waals surface area contributed by atoms with Crippen LogP contribution in [-0.4, -0.2) is 46.9 Å². The van der Waals surface area contributed by atoms with Gasteiger partial charge in [-0.1, -0.05) is 30.0 Å². The molecule has 9 nitrogen and oxygen atoms in total. The van der Waals surface area contributed by atoms with Crippen LogP contribution >= 0.6 is 11.5 Å². The highest BCUT2D eigenvalue weighted by Crippen LogP contribution is 2.29. The molecule has 0 amide bonds. The van der Waals surface area contributed by atoms with Crippen molar-refractivity contribution in [2.75, 3.05) is 24.4 Å². The Bertz CT molecular complexity index is 1610. The minimum absolute atomic E-state index is 0.0102. The lowest BCUT2D eigenvalue weighted by Gasteiger charge is -2.28. The first-order valence-corrected chi connectivity index (χ1v) is 13.0. The highest BCUT2D eigenvalue weighted by atomic mass is 32.2. The molecule has 2 aromatic carbocycles. The van der Waals surface area contributed by atoms with Crippen LogP contribution in [0.3, 0.4) is 0 Å². The second kappa shape index (κ2) is 9.26. The van der Waals surface area contributed by atoms with Crippen molar-refractivity contribution in [2.45, 2.75) is 24.3 Å². The van der Waals surface area contributed by atoms with E-state index in [-0.39, 0.29) is 16.2 Å². The van der Waals surface area contributed by atoms with Crippen molar-refractivity contribution < 1.29 is 17.2 Å². The van der Waals surface area contributed by atoms with E-state index < -0.39 is 32.5 Å². The van der Waals surface area contributed by atoms with Gasteiger partial charge in [0.05, 0.1) is 18.1 Å². The van der Waals surface area contributed by atoms with Crippen LogP contribution in [0.15, 0.2) is 56.8 Å². The molecule has 0 radical (unpaired) electrons. The Labute approximate surface area is 204 Å². The summed E-state index contributed by atoms with van der Waals surface area (Å²) < 4.78 is 52.9. The zero-order valence-electron chi connectivity index (χ0n) is 18.6. The first-order valence-electron chi connectivity index (χ1n) is 10.8. The largest absolute Gasteiger partial charge is 0.420 e. The fraction of sp³-hybridized carbons (Fsp3) is 0.261. The van der Waals surface area contributed by atoms with E-state index in [1.165, 1.54) is 17.3 Å². The van der Waals surface area contributed by atoms with Gasteiger partial charge in [0.15, 0.2) is 5.58 Å². The summed E-state index contributed by atoms with van der Waals surface area (Å²) in [6.07, 6.45) is 2.36. The lowest BCUT2D eigenvalue weighted by molar-refractivity contribution is 0.207. The molecule has 0 spiro atoms. The SMILES string of the molecule is CC(c1ccccc1C#CCN1CCC1)n1c(=O)oc2cc(S(=O)(=O)Nc3ncns3)c(F)cc21. The van der Waals surface area contributed by atoms with Gasteiger partial charge in [-0.2, -0.15) is 4.37 Å². The summed E-state index contributed by atoms with van der Waals surface area (Å²) in [6.45, 7) is 4.54. The standard InChI is InChI=1S/C23H20FN5O4S2/c1-15(17-8-3-2-6-16(17)7-4-9-28-10-5-11-28)29-19-12-18(24)21(13-20(19)33-23(29)30)35(31,32)27-22-25-14-26-34-22/h2-3,6,8,12-15H,5,9-11H2,1H3,(H,25,26,27). The van der Waals surface area contributed by atoms with Gasteiger partial charge < -0.3 is 4.42 Å². The molecule has 1 N–H and O–H groups in total. The third kappa shape index (κ3) is 4.58. The molecule has 2 aromatic heterocycles. The normalized spacial score (nSPS) is 14.8. The maximum atomic E-state index is 15.0. The van der Waals surface area contributed by atoms with Crippen LogP contribution in [-0.2, 0) is 10.0 Å². The molecule has 0 bridgehead atoms. The van der Waals surface area contributed by atoms with Gasteiger partial charge in [0.1, 0.15) is 17.0 Å². The first kappa shape index (κ1) is 23.2. The topological polar surface area (TPSA) is 110 Å². The number of oxazole rings is 1. The summed E-state index contributed by atoms with van der Waals surface area (Å²) >= 11 is 0.810. The van der Waals surface area contributed by atoms with Crippen LogP contribution in [0.2, 0.25) is 0 Å².